The van der Waals surface area contributed by atoms with Crippen molar-refractivity contribution in [3.05, 3.63) is 40.3 Å². The normalized spacial score (nSPS) is 12.1. The Morgan fingerprint density at radius 2 is 2.26 bits per heavy atom. The Morgan fingerprint density at radius 1 is 1.39 bits per heavy atom. The maximum Gasteiger partial charge on any atom is 0.322 e. The van der Waals surface area contributed by atoms with Gasteiger partial charge in [-0.1, -0.05) is 24.2 Å². The number of aromatic nitrogens is 3. The van der Waals surface area contributed by atoms with Crippen LogP contribution < -0.4 is 10.1 Å². The summed E-state index contributed by atoms with van der Waals surface area (Å²) in [5.74, 6) is 1.28. The van der Waals surface area contributed by atoms with E-state index >= 15 is 0 Å². The summed E-state index contributed by atoms with van der Waals surface area (Å²) in [6.45, 7) is 4.14. The van der Waals surface area contributed by atoms with Gasteiger partial charge in [-0.05, 0) is 25.5 Å². The fraction of sp³-hybridized carbons (Fsp3) is 0.312. The van der Waals surface area contributed by atoms with Crippen molar-refractivity contribution in [1.82, 2.24) is 15.1 Å². The number of hydrogen-bond donors (Lipinski definition) is 1. The highest BCUT2D eigenvalue weighted by Gasteiger charge is 2.15. The van der Waals surface area contributed by atoms with Crippen LogP contribution in [0.25, 0.3) is 11.4 Å². The zero-order chi connectivity index (χ0) is 16.2. The highest BCUT2D eigenvalue weighted by molar-refractivity contribution is 7.11. The van der Waals surface area contributed by atoms with Crippen molar-refractivity contribution in [1.29, 1.82) is 0 Å². The Balaban J connectivity index is 1.73. The molecular formula is C16H18N4O2S. The van der Waals surface area contributed by atoms with E-state index in [-0.39, 0.29) is 6.04 Å². The van der Waals surface area contributed by atoms with E-state index in [0.717, 1.165) is 22.7 Å². The van der Waals surface area contributed by atoms with Crippen molar-refractivity contribution in [2.24, 2.45) is 0 Å². The third kappa shape index (κ3) is 3.50. The second-order valence-electron chi connectivity index (χ2n) is 5.04. The van der Waals surface area contributed by atoms with Gasteiger partial charge in [0.25, 0.3) is 0 Å². The van der Waals surface area contributed by atoms with Crippen LogP contribution in [0.1, 0.15) is 29.8 Å². The molecule has 0 bridgehead atoms. The van der Waals surface area contributed by atoms with Crippen LogP contribution >= 0.6 is 11.3 Å². The van der Waals surface area contributed by atoms with Gasteiger partial charge in [-0.2, -0.15) is 4.98 Å². The highest BCUT2D eigenvalue weighted by Crippen LogP contribution is 2.26. The zero-order valence-corrected chi connectivity index (χ0v) is 14.1. The molecule has 0 aliphatic carbocycles. The molecule has 0 saturated heterocycles. The lowest BCUT2D eigenvalue weighted by atomic mass is 10.2. The van der Waals surface area contributed by atoms with Gasteiger partial charge < -0.3 is 14.6 Å². The molecule has 120 valence electrons. The van der Waals surface area contributed by atoms with Crippen LogP contribution in [0.15, 0.2) is 35.0 Å². The number of hydrogen-bond acceptors (Lipinski definition) is 7. The number of aryl methyl sites for hydroxylation is 1. The fourth-order valence-electron chi connectivity index (χ4n) is 2.09. The van der Waals surface area contributed by atoms with Crippen LogP contribution in [-0.2, 0) is 6.42 Å². The Bertz CT molecular complexity index is 784. The van der Waals surface area contributed by atoms with Crippen molar-refractivity contribution < 1.29 is 9.26 Å². The quantitative estimate of drug-likeness (QED) is 0.738. The van der Waals surface area contributed by atoms with E-state index in [9.17, 15) is 0 Å². The summed E-state index contributed by atoms with van der Waals surface area (Å²) in [7, 11) is 1.63. The summed E-state index contributed by atoms with van der Waals surface area (Å²) < 4.78 is 10.5. The minimum Gasteiger partial charge on any atom is -0.497 e. The molecule has 0 aliphatic rings. The van der Waals surface area contributed by atoms with E-state index < -0.39 is 0 Å². The minimum atomic E-state index is 0.0129. The van der Waals surface area contributed by atoms with Gasteiger partial charge in [0.1, 0.15) is 10.8 Å². The molecule has 23 heavy (non-hydrogen) atoms. The summed E-state index contributed by atoms with van der Waals surface area (Å²) in [4.78, 5) is 10.1. The first kappa shape index (κ1) is 15.5. The minimum absolute atomic E-state index is 0.0129. The lowest BCUT2D eigenvalue weighted by molar-refractivity contribution is 0.414. The number of benzene rings is 1. The van der Waals surface area contributed by atoms with Crippen LogP contribution in [-0.4, -0.2) is 22.2 Å². The monoisotopic (exact) mass is 330 g/mol. The number of anilines is 1. The average Bonchev–Trinajstić information content (AvgIpc) is 3.24. The molecule has 0 amide bonds. The van der Waals surface area contributed by atoms with Gasteiger partial charge in [0.05, 0.1) is 13.2 Å². The van der Waals surface area contributed by atoms with E-state index in [0.29, 0.717) is 11.8 Å². The number of nitrogens with zero attached hydrogens (tertiary/aromatic N) is 3. The van der Waals surface area contributed by atoms with Gasteiger partial charge in [0, 0.05) is 16.6 Å². The standard InChI is InChI=1S/C16H18N4O2S/c1-4-13-9-17-15(23-13)10(2)18-16-19-14(20-22-16)11-6-5-7-12(8-11)21-3/h5-10H,4H2,1-3H3,(H,18,19,20). The third-order valence-electron chi connectivity index (χ3n) is 3.38. The number of nitrogens with one attached hydrogen (secondary N) is 1. The Morgan fingerprint density at radius 3 is 3.00 bits per heavy atom. The molecule has 1 aromatic carbocycles. The second kappa shape index (κ2) is 6.78. The smallest absolute Gasteiger partial charge is 0.322 e. The summed E-state index contributed by atoms with van der Waals surface area (Å²) in [5, 5.41) is 8.20. The summed E-state index contributed by atoms with van der Waals surface area (Å²) in [5.41, 5.74) is 0.844. The van der Waals surface area contributed by atoms with Gasteiger partial charge in [0.15, 0.2) is 0 Å². The van der Waals surface area contributed by atoms with Crippen LogP contribution in [0.4, 0.5) is 6.01 Å². The molecule has 6 nitrogen and oxygen atoms in total. The molecular weight excluding hydrogens is 312 g/mol. The molecule has 0 saturated carbocycles. The Labute approximate surface area is 138 Å². The largest absolute Gasteiger partial charge is 0.497 e. The van der Waals surface area contributed by atoms with Crippen LogP contribution in [0.2, 0.25) is 0 Å². The number of rotatable bonds is 6. The topological polar surface area (TPSA) is 73.1 Å². The van der Waals surface area contributed by atoms with Crippen LogP contribution in [0, 0.1) is 0 Å². The van der Waals surface area contributed by atoms with Crippen molar-refractivity contribution in [2.75, 3.05) is 12.4 Å². The van der Waals surface area contributed by atoms with E-state index in [1.807, 2.05) is 37.4 Å². The van der Waals surface area contributed by atoms with Gasteiger partial charge in [-0.3, -0.25) is 0 Å². The first-order valence-corrected chi connectivity index (χ1v) is 8.20. The van der Waals surface area contributed by atoms with Gasteiger partial charge in [-0.25, -0.2) is 4.98 Å². The molecule has 0 spiro atoms. The van der Waals surface area contributed by atoms with E-state index in [4.69, 9.17) is 9.26 Å². The Hall–Kier alpha value is -2.41. The van der Waals surface area contributed by atoms with Gasteiger partial charge in [0.2, 0.25) is 5.82 Å². The molecule has 1 atom stereocenters. The Kier molecular flexibility index (Phi) is 4.57. The molecule has 7 heteroatoms. The van der Waals surface area contributed by atoms with Crippen molar-refractivity contribution in [3.63, 3.8) is 0 Å². The predicted molar refractivity (Wildman–Crippen MR) is 89.8 cm³/mol. The third-order valence-corrected chi connectivity index (χ3v) is 4.71. The highest BCUT2D eigenvalue weighted by atomic mass is 32.1. The van der Waals surface area contributed by atoms with Gasteiger partial charge >= 0.3 is 6.01 Å². The van der Waals surface area contributed by atoms with E-state index in [1.54, 1.807) is 18.4 Å². The zero-order valence-electron chi connectivity index (χ0n) is 13.2. The van der Waals surface area contributed by atoms with Crippen molar-refractivity contribution in [3.8, 4) is 17.1 Å². The predicted octanol–water partition coefficient (Wildman–Crippen LogP) is 3.94. The first-order valence-electron chi connectivity index (χ1n) is 7.39. The van der Waals surface area contributed by atoms with E-state index in [2.05, 4.69) is 27.4 Å². The molecule has 0 fully saturated rings. The lowest BCUT2D eigenvalue weighted by Gasteiger charge is -2.07. The van der Waals surface area contributed by atoms with Crippen LogP contribution in [0.5, 0.6) is 5.75 Å². The number of methoxy groups -OCH3 is 1. The molecule has 2 aromatic heterocycles. The maximum atomic E-state index is 5.28. The van der Waals surface area contributed by atoms with Crippen LogP contribution in [0.3, 0.4) is 0 Å². The molecule has 1 N–H and O–H groups in total. The molecule has 3 aromatic rings. The summed E-state index contributed by atoms with van der Waals surface area (Å²) in [6, 6.07) is 7.93. The van der Waals surface area contributed by atoms with Crippen molar-refractivity contribution in [2.45, 2.75) is 26.3 Å². The van der Waals surface area contributed by atoms with Gasteiger partial charge in [-0.15, -0.1) is 11.3 Å². The summed E-state index contributed by atoms with van der Waals surface area (Å²) in [6.07, 6.45) is 2.90. The SMILES string of the molecule is CCc1cnc(C(C)Nc2nc(-c3cccc(OC)c3)no2)s1. The first-order chi connectivity index (χ1) is 11.2. The number of thiazole rings is 1. The molecule has 1 unspecified atom stereocenters. The lowest BCUT2D eigenvalue weighted by Crippen LogP contribution is -2.06. The van der Waals surface area contributed by atoms with E-state index in [1.165, 1.54) is 4.88 Å². The van der Waals surface area contributed by atoms with Crippen molar-refractivity contribution >= 4 is 17.4 Å². The number of ether oxygens (including phenoxy) is 1. The molecule has 0 radical (unpaired) electrons. The molecule has 0 aliphatic heterocycles. The summed E-state index contributed by atoms with van der Waals surface area (Å²) >= 11 is 1.69. The second-order valence-corrected chi connectivity index (χ2v) is 6.19. The average molecular weight is 330 g/mol. The fourth-order valence-corrected chi connectivity index (χ4v) is 2.95. The molecule has 3 rings (SSSR count). The maximum absolute atomic E-state index is 5.28. The molecule has 2 heterocycles.